The van der Waals surface area contributed by atoms with Crippen molar-refractivity contribution in [3.05, 3.63) is 23.6 Å². The lowest BCUT2D eigenvalue weighted by molar-refractivity contribution is 0.292. The van der Waals surface area contributed by atoms with Crippen molar-refractivity contribution in [1.29, 1.82) is 0 Å². The molecule has 0 amide bonds. The van der Waals surface area contributed by atoms with Crippen molar-refractivity contribution in [1.82, 2.24) is 25.1 Å². The number of rotatable bonds is 5. The molecule has 0 aromatic carbocycles. The van der Waals surface area contributed by atoms with Gasteiger partial charge in [0.1, 0.15) is 6.54 Å². The first kappa shape index (κ1) is 10.7. The smallest absolute Gasteiger partial charge is 0.248 e. The highest BCUT2D eigenvalue weighted by atomic mass is 16.5. The Kier molecular flexibility index (Phi) is 3.22. The topological polar surface area (TPSA) is 116 Å². The third-order valence-electron chi connectivity index (χ3n) is 1.94. The highest BCUT2D eigenvalue weighted by Crippen LogP contribution is 2.01. The predicted molar refractivity (Wildman–Crippen MR) is 52.1 cm³/mol. The van der Waals surface area contributed by atoms with Crippen molar-refractivity contribution in [3.8, 4) is 0 Å². The minimum Gasteiger partial charge on any atom is -0.396 e. The molecule has 0 aliphatic rings. The highest BCUT2D eigenvalue weighted by Gasteiger charge is 2.07. The summed E-state index contributed by atoms with van der Waals surface area (Å²) in [6.45, 7) is 0.699. The first-order valence-electron chi connectivity index (χ1n) is 4.83. The van der Waals surface area contributed by atoms with E-state index in [4.69, 9.17) is 15.4 Å². The van der Waals surface area contributed by atoms with E-state index in [9.17, 15) is 0 Å². The molecule has 2 rings (SSSR count). The maximum atomic E-state index is 8.69. The molecule has 3 N–H and O–H groups in total. The van der Waals surface area contributed by atoms with Crippen molar-refractivity contribution in [2.24, 2.45) is 5.73 Å². The number of aliphatic hydroxyl groups is 1. The summed E-state index contributed by atoms with van der Waals surface area (Å²) in [6.07, 6.45) is 2.10. The van der Waals surface area contributed by atoms with E-state index in [-0.39, 0.29) is 6.61 Å². The number of aromatic nitrogens is 5. The number of nitrogens with two attached hydrogens (primary N) is 1. The van der Waals surface area contributed by atoms with E-state index in [1.54, 1.807) is 10.9 Å². The average Bonchev–Trinajstić information content (AvgIpc) is 2.89. The van der Waals surface area contributed by atoms with Crippen LogP contribution in [0.25, 0.3) is 0 Å². The normalized spacial score (nSPS) is 10.9. The average molecular weight is 224 g/mol. The molecule has 16 heavy (non-hydrogen) atoms. The van der Waals surface area contributed by atoms with E-state index in [2.05, 4.69) is 20.5 Å². The van der Waals surface area contributed by atoms with Gasteiger partial charge in [-0.25, -0.2) is 4.68 Å². The molecular weight excluding hydrogens is 212 g/mol. The molecular formula is C8H12N6O2. The Morgan fingerprint density at radius 1 is 1.50 bits per heavy atom. The van der Waals surface area contributed by atoms with Crippen LogP contribution in [0.2, 0.25) is 0 Å². The Morgan fingerprint density at radius 3 is 3.06 bits per heavy atom. The summed E-state index contributed by atoms with van der Waals surface area (Å²) < 4.78 is 6.54. The molecule has 0 unspecified atom stereocenters. The zero-order valence-electron chi connectivity index (χ0n) is 8.57. The molecule has 0 saturated carbocycles. The van der Waals surface area contributed by atoms with Gasteiger partial charge >= 0.3 is 0 Å². The molecule has 2 aromatic heterocycles. The number of aliphatic hydroxyl groups excluding tert-OH is 1. The van der Waals surface area contributed by atoms with Gasteiger partial charge in [0.15, 0.2) is 5.82 Å². The van der Waals surface area contributed by atoms with E-state index < -0.39 is 0 Å². The second-order valence-electron chi connectivity index (χ2n) is 3.19. The quantitative estimate of drug-likeness (QED) is 0.648. The van der Waals surface area contributed by atoms with E-state index in [1.165, 1.54) is 0 Å². The molecule has 0 saturated heterocycles. The molecule has 8 nitrogen and oxygen atoms in total. The molecule has 0 spiro atoms. The van der Waals surface area contributed by atoms with Gasteiger partial charge in [-0.1, -0.05) is 10.4 Å². The monoisotopic (exact) mass is 224 g/mol. The van der Waals surface area contributed by atoms with Gasteiger partial charge in [-0.3, -0.25) is 0 Å². The highest BCUT2D eigenvalue weighted by molar-refractivity contribution is 4.93. The maximum Gasteiger partial charge on any atom is 0.248 e. The van der Waals surface area contributed by atoms with Gasteiger partial charge in [-0.15, -0.1) is 5.10 Å². The van der Waals surface area contributed by atoms with Gasteiger partial charge in [0, 0.05) is 13.0 Å². The molecule has 8 heteroatoms. The van der Waals surface area contributed by atoms with E-state index in [0.29, 0.717) is 36.9 Å². The van der Waals surface area contributed by atoms with Crippen LogP contribution in [0.15, 0.2) is 10.7 Å². The van der Waals surface area contributed by atoms with Crippen LogP contribution in [0.1, 0.15) is 17.4 Å². The lowest BCUT2D eigenvalue weighted by atomic mass is 10.4. The summed E-state index contributed by atoms with van der Waals surface area (Å²) in [6, 6.07) is 0. The second-order valence-corrected chi connectivity index (χ2v) is 3.19. The summed E-state index contributed by atoms with van der Waals surface area (Å²) in [5.41, 5.74) is 6.11. The van der Waals surface area contributed by atoms with Crippen LogP contribution in [0.4, 0.5) is 0 Å². The van der Waals surface area contributed by atoms with Crippen LogP contribution in [-0.2, 0) is 19.5 Å². The maximum absolute atomic E-state index is 8.69. The zero-order valence-corrected chi connectivity index (χ0v) is 8.57. The summed E-state index contributed by atoms with van der Waals surface area (Å²) in [7, 11) is 0. The summed E-state index contributed by atoms with van der Waals surface area (Å²) in [5, 5.41) is 20.1. The Bertz CT molecular complexity index is 451. The minimum absolute atomic E-state index is 0.000377. The van der Waals surface area contributed by atoms with E-state index >= 15 is 0 Å². The molecule has 2 aromatic rings. The van der Waals surface area contributed by atoms with Crippen molar-refractivity contribution in [2.75, 3.05) is 6.61 Å². The summed E-state index contributed by atoms with van der Waals surface area (Å²) >= 11 is 0. The molecule has 0 bridgehead atoms. The minimum atomic E-state index is -0.000377. The van der Waals surface area contributed by atoms with Crippen LogP contribution in [-0.4, -0.2) is 36.8 Å². The SMILES string of the molecule is NCc1cn(Cc2nc(CCO)no2)nn1. The van der Waals surface area contributed by atoms with Gasteiger partial charge in [0.05, 0.1) is 18.5 Å². The van der Waals surface area contributed by atoms with Gasteiger partial charge in [0.2, 0.25) is 5.89 Å². The molecule has 0 aliphatic heterocycles. The summed E-state index contributed by atoms with van der Waals surface area (Å²) in [5.74, 6) is 0.911. The first-order valence-corrected chi connectivity index (χ1v) is 4.83. The van der Waals surface area contributed by atoms with Crippen molar-refractivity contribution in [3.63, 3.8) is 0 Å². The lowest BCUT2D eigenvalue weighted by Gasteiger charge is -1.91. The molecule has 0 radical (unpaired) electrons. The molecule has 2 heterocycles. The number of nitrogens with zero attached hydrogens (tertiary/aromatic N) is 5. The Morgan fingerprint density at radius 2 is 2.38 bits per heavy atom. The first-order chi connectivity index (χ1) is 7.81. The van der Waals surface area contributed by atoms with Crippen LogP contribution in [0.3, 0.4) is 0 Å². The van der Waals surface area contributed by atoms with Crippen LogP contribution < -0.4 is 5.73 Å². The summed E-state index contributed by atoms with van der Waals surface area (Å²) in [4.78, 5) is 4.07. The Balaban J connectivity index is 2.02. The van der Waals surface area contributed by atoms with Crippen LogP contribution in [0, 0.1) is 0 Å². The fourth-order valence-corrected chi connectivity index (χ4v) is 1.20. The van der Waals surface area contributed by atoms with Crippen molar-refractivity contribution < 1.29 is 9.63 Å². The number of hydrogen-bond donors (Lipinski definition) is 2. The third-order valence-corrected chi connectivity index (χ3v) is 1.94. The molecule has 0 atom stereocenters. The molecule has 86 valence electrons. The van der Waals surface area contributed by atoms with E-state index in [1.807, 2.05) is 0 Å². The predicted octanol–water partition coefficient (Wildman–Crippen LogP) is -1.30. The Hall–Kier alpha value is -1.80. The van der Waals surface area contributed by atoms with Gasteiger partial charge in [-0.05, 0) is 0 Å². The van der Waals surface area contributed by atoms with Crippen molar-refractivity contribution in [2.45, 2.75) is 19.5 Å². The van der Waals surface area contributed by atoms with Gasteiger partial charge in [0.25, 0.3) is 0 Å². The van der Waals surface area contributed by atoms with Crippen molar-refractivity contribution >= 4 is 0 Å². The fourth-order valence-electron chi connectivity index (χ4n) is 1.20. The van der Waals surface area contributed by atoms with E-state index in [0.717, 1.165) is 0 Å². The van der Waals surface area contributed by atoms with Crippen LogP contribution in [0.5, 0.6) is 0 Å². The number of hydrogen-bond acceptors (Lipinski definition) is 7. The largest absolute Gasteiger partial charge is 0.396 e. The molecule has 0 aliphatic carbocycles. The van der Waals surface area contributed by atoms with Gasteiger partial charge < -0.3 is 15.4 Å². The van der Waals surface area contributed by atoms with Gasteiger partial charge in [-0.2, -0.15) is 4.98 Å². The standard InChI is InChI=1S/C8H12N6O2/c9-3-6-4-14(13-11-6)5-8-10-7(1-2-15)12-16-8/h4,15H,1-3,5,9H2. The fraction of sp³-hybridized carbons (Fsp3) is 0.500. The zero-order chi connectivity index (χ0) is 11.4. The second kappa shape index (κ2) is 4.81. The van der Waals surface area contributed by atoms with Crippen LogP contribution >= 0.6 is 0 Å². The molecule has 0 fully saturated rings. The Labute approximate surface area is 91.1 Å². The lowest BCUT2D eigenvalue weighted by Crippen LogP contribution is -2.01. The third kappa shape index (κ3) is 2.41.